The Bertz CT molecular complexity index is 533. The van der Waals surface area contributed by atoms with Crippen molar-refractivity contribution in [2.24, 2.45) is 0 Å². The molecule has 0 fully saturated rings. The number of halogens is 2. The largest absolute Gasteiger partial charge is 0.493 e. The first-order valence-corrected chi connectivity index (χ1v) is 5.22. The maximum Gasteiger partial charge on any atom is 0.168 e. The van der Waals surface area contributed by atoms with Crippen LogP contribution < -0.4 is 4.74 Å². The van der Waals surface area contributed by atoms with Gasteiger partial charge in [-0.3, -0.25) is 0 Å². The van der Waals surface area contributed by atoms with E-state index in [1.165, 1.54) is 13.2 Å². The molecule has 0 radical (unpaired) electrons. The Hall–Kier alpha value is -1.90. The summed E-state index contributed by atoms with van der Waals surface area (Å²) in [4.78, 5) is 0. The van der Waals surface area contributed by atoms with Gasteiger partial charge in [-0.15, -0.1) is 0 Å². The average Bonchev–Trinajstić information content (AvgIpc) is 2.29. The fourth-order valence-corrected chi connectivity index (χ4v) is 1.72. The van der Waals surface area contributed by atoms with Crippen molar-refractivity contribution < 1.29 is 13.5 Å². The Morgan fingerprint density at radius 3 is 2.24 bits per heavy atom. The van der Waals surface area contributed by atoms with Crippen molar-refractivity contribution in [2.75, 3.05) is 7.11 Å². The molecule has 0 bridgehead atoms. The van der Waals surface area contributed by atoms with Crippen LogP contribution in [-0.4, -0.2) is 7.11 Å². The maximum absolute atomic E-state index is 13.5. The van der Waals surface area contributed by atoms with Gasteiger partial charge in [0.25, 0.3) is 0 Å². The van der Waals surface area contributed by atoms with Crippen LogP contribution in [0.15, 0.2) is 36.4 Å². The number of ether oxygens (including phenoxy) is 1. The first kappa shape index (κ1) is 11.6. The molecule has 0 aliphatic rings. The number of methoxy groups -OCH3 is 1. The summed E-state index contributed by atoms with van der Waals surface area (Å²) in [5, 5.41) is 0. The van der Waals surface area contributed by atoms with Crippen LogP contribution in [0, 0.1) is 18.6 Å². The number of hydrogen-bond acceptors (Lipinski definition) is 1. The molecule has 0 amide bonds. The van der Waals surface area contributed by atoms with Gasteiger partial charge in [0.15, 0.2) is 11.6 Å². The van der Waals surface area contributed by atoms with E-state index in [4.69, 9.17) is 4.74 Å². The van der Waals surface area contributed by atoms with Crippen molar-refractivity contribution in [2.45, 2.75) is 6.92 Å². The van der Waals surface area contributed by atoms with Crippen LogP contribution >= 0.6 is 0 Å². The van der Waals surface area contributed by atoms with Gasteiger partial charge in [-0.2, -0.15) is 0 Å². The summed E-state index contributed by atoms with van der Waals surface area (Å²) in [6.07, 6.45) is 0. The van der Waals surface area contributed by atoms with Crippen LogP contribution in [-0.2, 0) is 0 Å². The molecular formula is C14H12F2O. The molecule has 2 aromatic rings. The lowest BCUT2D eigenvalue weighted by Crippen LogP contribution is -1.94. The van der Waals surface area contributed by atoms with E-state index in [0.717, 1.165) is 17.2 Å². The highest BCUT2D eigenvalue weighted by atomic mass is 19.1. The minimum absolute atomic E-state index is 0.0650. The summed E-state index contributed by atoms with van der Waals surface area (Å²) in [7, 11) is 1.37. The number of rotatable bonds is 2. The second-order valence-electron chi connectivity index (χ2n) is 3.83. The Morgan fingerprint density at radius 2 is 1.65 bits per heavy atom. The van der Waals surface area contributed by atoms with Crippen molar-refractivity contribution in [1.82, 2.24) is 0 Å². The van der Waals surface area contributed by atoms with Gasteiger partial charge >= 0.3 is 0 Å². The van der Waals surface area contributed by atoms with Crippen molar-refractivity contribution >= 4 is 0 Å². The van der Waals surface area contributed by atoms with E-state index in [1.54, 1.807) is 0 Å². The highest BCUT2D eigenvalue weighted by Gasteiger charge is 2.13. The third-order valence-corrected chi connectivity index (χ3v) is 2.58. The summed E-state index contributed by atoms with van der Waals surface area (Å²) in [5.41, 5.74) is 2.24. The van der Waals surface area contributed by atoms with Gasteiger partial charge in [-0.05, 0) is 18.6 Å². The van der Waals surface area contributed by atoms with E-state index in [9.17, 15) is 8.78 Å². The second kappa shape index (κ2) is 4.53. The standard InChI is InChI=1S/C14H12F2O/c1-9-3-5-10(6-4-9)12-7-11(15)8-13(16)14(12)17-2/h3-8H,1-2H3. The third kappa shape index (κ3) is 2.28. The van der Waals surface area contributed by atoms with Crippen molar-refractivity contribution in [3.63, 3.8) is 0 Å². The number of aryl methyl sites for hydroxylation is 1. The van der Waals surface area contributed by atoms with Crippen LogP contribution in [0.4, 0.5) is 8.78 Å². The zero-order valence-corrected chi connectivity index (χ0v) is 9.63. The molecule has 0 spiro atoms. The lowest BCUT2D eigenvalue weighted by Gasteiger charge is -2.10. The molecular weight excluding hydrogens is 222 g/mol. The van der Waals surface area contributed by atoms with Crippen molar-refractivity contribution in [3.05, 3.63) is 53.6 Å². The minimum Gasteiger partial charge on any atom is -0.493 e. The smallest absolute Gasteiger partial charge is 0.168 e. The van der Waals surface area contributed by atoms with Gasteiger partial charge in [0.1, 0.15) is 5.82 Å². The zero-order valence-electron chi connectivity index (χ0n) is 9.63. The summed E-state index contributed by atoms with van der Waals surface area (Å²) < 4.78 is 31.7. The molecule has 17 heavy (non-hydrogen) atoms. The maximum atomic E-state index is 13.5. The van der Waals surface area contributed by atoms with Crippen LogP contribution in [0.3, 0.4) is 0 Å². The SMILES string of the molecule is COc1c(F)cc(F)cc1-c1ccc(C)cc1. The molecule has 0 unspecified atom stereocenters. The molecule has 0 aromatic heterocycles. The predicted octanol–water partition coefficient (Wildman–Crippen LogP) is 3.95. The first-order chi connectivity index (χ1) is 8.11. The summed E-state index contributed by atoms with van der Waals surface area (Å²) >= 11 is 0. The third-order valence-electron chi connectivity index (χ3n) is 2.58. The molecule has 0 saturated heterocycles. The van der Waals surface area contributed by atoms with E-state index >= 15 is 0 Å². The Morgan fingerprint density at radius 1 is 1.00 bits per heavy atom. The molecule has 0 atom stereocenters. The highest BCUT2D eigenvalue weighted by Crippen LogP contribution is 2.33. The molecule has 0 saturated carbocycles. The van der Waals surface area contributed by atoms with Gasteiger partial charge in [0.2, 0.25) is 0 Å². The lowest BCUT2D eigenvalue weighted by molar-refractivity contribution is 0.386. The minimum atomic E-state index is -0.692. The van der Waals surface area contributed by atoms with Gasteiger partial charge in [0, 0.05) is 11.6 Å². The molecule has 2 rings (SSSR count). The molecule has 1 nitrogen and oxygen atoms in total. The van der Waals surface area contributed by atoms with Crippen LogP contribution in [0.5, 0.6) is 5.75 Å². The molecule has 0 N–H and O–H groups in total. The molecule has 2 aromatic carbocycles. The van der Waals surface area contributed by atoms with E-state index in [-0.39, 0.29) is 5.75 Å². The van der Waals surface area contributed by atoms with Gasteiger partial charge < -0.3 is 4.74 Å². The number of benzene rings is 2. The number of hydrogen-bond donors (Lipinski definition) is 0. The summed E-state index contributed by atoms with van der Waals surface area (Å²) in [6, 6.07) is 9.48. The second-order valence-corrected chi connectivity index (χ2v) is 3.83. The topological polar surface area (TPSA) is 9.23 Å². The van der Waals surface area contributed by atoms with Gasteiger partial charge in [0.05, 0.1) is 7.11 Å². The molecule has 3 heteroatoms. The quantitative estimate of drug-likeness (QED) is 0.764. The monoisotopic (exact) mass is 234 g/mol. The molecule has 0 heterocycles. The van der Waals surface area contributed by atoms with Gasteiger partial charge in [-0.25, -0.2) is 8.78 Å². The van der Waals surface area contributed by atoms with Crippen LogP contribution in [0.1, 0.15) is 5.56 Å². The van der Waals surface area contributed by atoms with E-state index in [0.29, 0.717) is 5.56 Å². The van der Waals surface area contributed by atoms with E-state index in [1.807, 2.05) is 31.2 Å². The van der Waals surface area contributed by atoms with Crippen molar-refractivity contribution in [3.8, 4) is 16.9 Å². The zero-order chi connectivity index (χ0) is 12.4. The summed E-state index contributed by atoms with van der Waals surface area (Å²) in [5.74, 6) is -1.24. The van der Waals surface area contributed by atoms with Crippen LogP contribution in [0.2, 0.25) is 0 Å². The molecule has 88 valence electrons. The normalized spacial score (nSPS) is 10.4. The first-order valence-electron chi connectivity index (χ1n) is 5.22. The summed E-state index contributed by atoms with van der Waals surface area (Å²) in [6.45, 7) is 1.95. The van der Waals surface area contributed by atoms with Crippen LogP contribution in [0.25, 0.3) is 11.1 Å². The highest BCUT2D eigenvalue weighted by molar-refractivity contribution is 5.71. The Kier molecular flexibility index (Phi) is 3.09. The predicted molar refractivity (Wildman–Crippen MR) is 63.1 cm³/mol. The lowest BCUT2D eigenvalue weighted by atomic mass is 10.0. The Labute approximate surface area is 98.7 Å². The fraction of sp³-hybridized carbons (Fsp3) is 0.143. The fourth-order valence-electron chi connectivity index (χ4n) is 1.72. The Balaban J connectivity index is 2.61. The molecule has 0 aliphatic carbocycles. The average molecular weight is 234 g/mol. The van der Waals surface area contributed by atoms with Gasteiger partial charge in [-0.1, -0.05) is 29.8 Å². The van der Waals surface area contributed by atoms with E-state index in [2.05, 4.69) is 0 Å². The van der Waals surface area contributed by atoms with E-state index < -0.39 is 11.6 Å². The van der Waals surface area contributed by atoms with Crippen molar-refractivity contribution in [1.29, 1.82) is 0 Å². The molecule has 0 aliphatic heterocycles.